The molecule has 3 rings (SSSR count). The highest BCUT2D eigenvalue weighted by Gasteiger charge is 2.26. The molecule has 2 aromatic rings. The zero-order valence-electron chi connectivity index (χ0n) is 9.60. The molecule has 0 amide bonds. The Balaban J connectivity index is 1.97. The van der Waals surface area contributed by atoms with Crippen LogP contribution in [0.4, 0.5) is 4.39 Å². The lowest BCUT2D eigenvalue weighted by atomic mass is 10.0. The van der Waals surface area contributed by atoms with Crippen LogP contribution < -0.4 is 0 Å². The fourth-order valence-electron chi connectivity index (χ4n) is 2.17. The van der Waals surface area contributed by atoms with E-state index in [1.165, 1.54) is 12.1 Å². The fraction of sp³-hybridized carbons (Fsp3) is 0.133. The van der Waals surface area contributed by atoms with Crippen molar-refractivity contribution in [1.82, 2.24) is 0 Å². The Kier molecular flexibility index (Phi) is 2.92. The number of fused-ring (bicyclic) bond motifs is 1. The van der Waals surface area contributed by atoms with Crippen LogP contribution >= 0.6 is 11.8 Å². The standard InChI is InChI=1S/C15H11FOS/c16-11-5-3-4-10(8-11)15-9-13(17)12-6-1-2-7-14(12)18-15/h1-8,15H,9H2. The van der Waals surface area contributed by atoms with E-state index in [1.54, 1.807) is 17.8 Å². The van der Waals surface area contributed by atoms with Crippen molar-refractivity contribution in [2.45, 2.75) is 16.6 Å². The summed E-state index contributed by atoms with van der Waals surface area (Å²) in [6.07, 6.45) is 0.436. The Morgan fingerprint density at radius 1 is 1.11 bits per heavy atom. The van der Waals surface area contributed by atoms with Gasteiger partial charge in [0.2, 0.25) is 0 Å². The lowest BCUT2D eigenvalue weighted by Crippen LogP contribution is -2.12. The second-order valence-electron chi connectivity index (χ2n) is 4.28. The van der Waals surface area contributed by atoms with Gasteiger partial charge in [0.05, 0.1) is 0 Å². The van der Waals surface area contributed by atoms with Crippen LogP contribution in [0.1, 0.15) is 27.6 Å². The Bertz CT molecular complexity index is 609. The van der Waals surface area contributed by atoms with Gasteiger partial charge in [0.25, 0.3) is 0 Å². The molecular formula is C15H11FOS. The minimum atomic E-state index is -0.251. The highest BCUT2D eigenvalue weighted by Crippen LogP contribution is 2.44. The molecule has 90 valence electrons. The number of ketones is 1. The van der Waals surface area contributed by atoms with Crippen LogP contribution in [0.5, 0.6) is 0 Å². The number of carbonyl (C=O) groups excluding carboxylic acids is 1. The van der Waals surface area contributed by atoms with Crippen molar-refractivity contribution in [1.29, 1.82) is 0 Å². The minimum absolute atomic E-state index is 0.0168. The summed E-state index contributed by atoms with van der Waals surface area (Å²) in [6.45, 7) is 0. The van der Waals surface area contributed by atoms with Gasteiger partial charge in [-0.25, -0.2) is 4.39 Å². The number of Topliss-reactive ketones (excluding diaryl/α,β-unsaturated/α-hetero) is 1. The van der Waals surface area contributed by atoms with Gasteiger partial charge in [0.15, 0.2) is 5.78 Å². The molecule has 18 heavy (non-hydrogen) atoms. The molecule has 1 aliphatic rings. The number of hydrogen-bond donors (Lipinski definition) is 0. The smallest absolute Gasteiger partial charge is 0.165 e. The van der Waals surface area contributed by atoms with Crippen LogP contribution in [0, 0.1) is 5.82 Å². The van der Waals surface area contributed by atoms with Crippen LogP contribution in [-0.4, -0.2) is 5.78 Å². The molecule has 3 heteroatoms. The molecule has 1 atom stereocenters. The molecule has 0 bridgehead atoms. The minimum Gasteiger partial charge on any atom is -0.294 e. The van der Waals surface area contributed by atoms with Crippen LogP contribution in [0.3, 0.4) is 0 Å². The normalized spacial score (nSPS) is 18.5. The first-order chi connectivity index (χ1) is 8.74. The van der Waals surface area contributed by atoms with Crippen LogP contribution in [0.25, 0.3) is 0 Å². The van der Waals surface area contributed by atoms with E-state index in [4.69, 9.17) is 0 Å². The quantitative estimate of drug-likeness (QED) is 0.760. The van der Waals surface area contributed by atoms with E-state index in [9.17, 15) is 9.18 Å². The molecule has 1 heterocycles. The molecule has 0 N–H and O–H groups in total. The largest absolute Gasteiger partial charge is 0.294 e. The zero-order chi connectivity index (χ0) is 12.5. The van der Waals surface area contributed by atoms with E-state index in [-0.39, 0.29) is 16.9 Å². The van der Waals surface area contributed by atoms with E-state index >= 15 is 0 Å². The lowest BCUT2D eigenvalue weighted by Gasteiger charge is -2.23. The van der Waals surface area contributed by atoms with E-state index in [2.05, 4.69) is 0 Å². The molecular weight excluding hydrogens is 247 g/mol. The van der Waals surface area contributed by atoms with Gasteiger partial charge in [-0.15, -0.1) is 11.8 Å². The third kappa shape index (κ3) is 2.06. The van der Waals surface area contributed by atoms with Crippen LogP contribution in [-0.2, 0) is 0 Å². The monoisotopic (exact) mass is 258 g/mol. The molecule has 1 nitrogen and oxygen atoms in total. The third-order valence-electron chi connectivity index (χ3n) is 3.05. The summed E-state index contributed by atoms with van der Waals surface area (Å²) in [5.41, 5.74) is 1.66. The van der Waals surface area contributed by atoms with E-state index < -0.39 is 0 Å². The van der Waals surface area contributed by atoms with Crippen LogP contribution in [0.15, 0.2) is 53.4 Å². The molecule has 0 saturated heterocycles. The third-order valence-corrected chi connectivity index (χ3v) is 4.38. The molecule has 1 unspecified atom stereocenters. The Morgan fingerprint density at radius 2 is 1.94 bits per heavy atom. The molecule has 0 aromatic heterocycles. The molecule has 0 radical (unpaired) electrons. The Morgan fingerprint density at radius 3 is 2.78 bits per heavy atom. The topological polar surface area (TPSA) is 17.1 Å². The van der Waals surface area contributed by atoms with E-state index in [0.29, 0.717) is 6.42 Å². The average Bonchev–Trinajstić information content (AvgIpc) is 2.39. The lowest BCUT2D eigenvalue weighted by molar-refractivity contribution is 0.0976. The molecule has 2 aromatic carbocycles. The molecule has 0 spiro atoms. The van der Waals surface area contributed by atoms with Crippen LogP contribution in [0.2, 0.25) is 0 Å². The van der Waals surface area contributed by atoms with Gasteiger partial charge in [-0.05, 0) is 23.8 Å². The maximum Gasteiger partial charge on any atom is 0.165 e. The van der Waals surface area contributed by atoms with Crippen molar-refractivity contribution in [3.8, 4) is 0 Å². The number of benzene rings is 2. The first-order valence-corrected chi connectivity index (χ1v) is 6.66. The number of hydrogen-bond acceptors (Lipinski definition) is 2. The van der Waals surface area contributed by atoms with E-state index in [0.717, 1.165) is 16.0 Å². The summed E-state index contributed by atoms with van der Waals surface area (Å²) in [5.74, 6) is -0.113. The summed E-state index contributed by atoms with van der Waals surface area (Å²) in [7, 11) is 0. The fourth-order valence-corrected chi connectivity index (χ4v) is 3.46. The summed E-state index contributed by atoms with van der Waals surface area (Å²) in [4.78, 5) is 13.0. The van der Waals surface area contributed by atoms with Gasteiger partial charge in [-0.3, -0.25) is 4.79 Å². The maximum atomic E-state index is 13.2. The van der Waals surface area contributed by atoms with Crippen molar-refractivity contribution in [3.05, 3.63) is 65.5 Å². The maximum absolute atomic E-state index is 13.2. The number of carbonyl (C=O) groups is 1. The molecule has 0 saturated carbocycles. The number of rotatable bonds is 1. The van der Waals surface area contributed by atoms with Gasteiger partial charge in [-0.1, -0.05) is 30.3 Å². The van der Waals surface area contributed by atoms with Crippen molar-refractivity contribution in [2.24, 2.45) is 0 Å². The zero-order valence-corrected chi connectivity index (χ0v) is 10.4. The van der Waals surface area contributed by atoms with Gasteiger partial charge in [-0.2, -0.15) is 0 Å². The van der Waals surface area contributed by atoms with Crippen molar-refractivity contribution in [2.75, 3.05) is 0 Å². The first-order valence-electron chi connectivity index (χ1n) is 5.78. The van der Waals surface area contributed by atoms with Gasteiger partial charge in [0.1, 0.15) is 5.82 Å². The highest BCUT2D eigenvalue weighted by molar-refractivity contribution is 7.99. The second-order valence-corrected chi connectivity index (χ2v) is 5.53. The summed E-state index contributed by atoms with van der Waals surface area (Å²) < 4.78 is 13.2. The predicted molar refractivity (Wildman–Crippen MR) is 70.4 cm³/mol. The predicted octanol–water partition coefficient (Wildman–Crippen LogP) is 4.25. The highest BCUT2D eigenvalue weighted by atomic mass is 32.2. The van der Waals surface area contributed by atoms with Gasteiger partial charge < -0.3 is 0 Å². The van der Waals surface area contributed by atoms with Gasteiger partial charge >= 0.3 is 0 Å². The first kappa shape index (κ1) is 11.5. The number of thioether (sulfide) groups is 1. The summed E-state index contributed by atoms with van der Waals surface area (Å²) >= 11 is 1.64. The second kappa shape index (κ2) is 4.58. The van der Waals surface area contributed by atoms with Crippen molar-refractivity contribution >= 4 is 17.5 Å². The van der Waals surface area contributed by atoms with Crippen molar-refractivity contribution in [3.63, 3.8) is 0 Å². The Hall–Kier alpha value is -1.61. The van der Waals surface area contributed by atoms with Gasteiger partial charge in [0, 0.05) is 22.1 Å². The van der Waals surface area contributed by atoms with E-state index in [1.807, 2.05) is 30.3 Å². The number of halogens is 1. The molecule has 0 aliphatic carbocycles. The van der Waals surface area contributed by atoms with Crippen molar-refractivity contribution < 1.29 is 9.18 Å². The summed E-state index contributed by atoms with van der Waals surface area (Å²) in [5, 5.41) is 0.0168. The molecule has 0 fully saturated rings. The molecule has 1 aliphatic heterocycles. The SMILES string of the molecule is O=C1CC(c2cccc(F)c2)Sc2ccccc21. The average molecular weight is 258 g/mol. The Labute approximate surface area is 109 Å². The summed E-state index contributed by atoms with van der Waals surface area (Å²) in [6, 6.07) is 14.1.